The number of aliphatic hydroxyl groups is 3. The highest BCUT2D eigenvalue weighted by atomic mass is 127. The molecule has 0 aromatic heterocycles. The Bertz CT molecular complexity index is 415. The van der Waals surface area contributed by atoms with Crippen LogP contribution < -0.4 is 4.74 Å². The zero-order chi connectivity index (χ0) is 18.4. The van der Waals surface area contributed by atoms with E-state index in [4.69, 9.17) is 34.3 Å². The second-order valence-electron chi connectivity index (χ2n) is 5.57. The van der Waals surface area contributed by atoms with E-state index in [9.17, 15) is 0 Å². The molecule has 0 aliphatic rings. The van der Waals surface area contributed by atoms with Crippen LogP contribution in [-0.4, -0.2) is 81.4 Å². The summed E-state index contributed by atoms with van der Waals surface area (Å²) in [6, 6.07) is 7.66. The molecule has 0 bridgehead atoms. The van der Waals surface area contributed by atoms with E-state index < -0.39 is 5.41 Å². The molecule has 0 saturated heterocycles. The molecule has 1 aromatic rings. The van der Waals surface area contributed by atoms with E-state index in [0.717, 1.165) is 9.32 Å². The fourth-order valence-corrected chi connectivity index (χ4v) is 2.44. The first-order valence-corrected chi connectivity index (χ1v) is 9.18. The highest BCUT2D eigenvalue weighted by molar-refractivity contribution is 14.1. The molecule has 0 fully saturated rings. The lowest BCUT2D eigenvalue weighted by Gasteiger charge is -2.33. The van der Waals surface area contributed by atoms with Crippen molar-refractivity contribution in [1.29, 1.82) is 0 Å². The number of ether oxygens (including phenoxy) is 4. The third kappa shape index (κ3) is 9.69. The van der Waals surface area contributed by atoms with E-state index in [2.05, 4.69) is 22.6 Å². The fourth-order valence-electron chi connectivity index (χ4n) is 2.08. The molecule has 0 saturated carbocycles. The Balaban J connectivity index is 2.75. The van der Waals surface area contributed by atoms with E-state index >= 15 is 0 Å². The average molecular weight is 470 g/mol. The van der Waals surface area contributed by atoms with Crippen molar-refractivity contribution in [1.82, 2.24) is 0 Å². The summed E-state index contributed by atoms with van der Waals surface area (Å²) in [6.07, 6.45) is 0. The first kappa shape index (κ1) is 22.6. The normalized spacial score (nSPS) is 11.7. The quantitative estimate of drug-likeness (QED) is 0.256. The Hall–Kier alpha value is -0.490. The van der Waals surface area contributed by atoms with E-state index in [1.807, 2.05) is 24.3 Å². The van der Waals surface area contributed by atoms with Gasteiger partial charge in [-0.25, -0.2) is 0 Å². The molecule has 7 nitrogen and oxygen atoms in total. The Morgan fingerprint density at radius 1 is 0.720 bits per heavy atom. The zero-order valence-electron chi connectivity index (χ0n) is 14.2. The summed E-state index contributed by atoms with van der Waals surface area (Å²) in [6.45, 7) is 1.41. The van der Waals surface area contributed by atoms with Crippen molar-refractivity contribution in [2.24, 2.45) is 5.41 Å². The number of halogens is 1. The van der Waals surface area contributed by atoms with Crippen LogP contribution in [0.25, 0.3) is 0 Å². The summed E-state index contributed by atoms with van der Waals surface area (Å²) in [4.78, 5) is 0. The average Bonchev–Trinajstić information content (AvgIpc) is 2.62. The number of aliphatic hydroxyl groups excluding tert-OH is 3. The minimum absolute atomic E-state index is 0.0803. The summed E-state index contributed by atoms with van der Waals surface area (Å²) in [5.41, 5.74) is -0.623. The van der Waals surface area contributed by atoms with Crippen LogP contribution in [0.3, 0.4) is 0 Å². The minimum atomic E-state index is -0.623. The summed E-state index contributed by atoms with van der Waals surface area (Å²) >= 11 is 2.22. The molecule has 1 aromatic carbocycles. The lowest BCUT2D eigenvalue weighted by atomic mass is 9.92. The van der Waals surface area contributed by atoms with Crippen LogP contribution in [-0.2, 0) is 14.2 Å². The number of benzene rings is 1. The molecular formula is C17H27IO7. The Labute approximate surface area is 162 Å². The van der Waals surface area contributed by atoms with Gasteiger partial charge in [0.1, 0.15) is 12.4 Å². The third-order valence-electron chi connectivity index (χ3n) is 3.29. The van der Waals surface area contributed by atoms with Gasteiger partial charge in [0.25, 0.3) is 0 Å². The van der Waals surface area contributed by atoms with Gasteiger partial charge in [0.2, 0.25) is 0 Å². The van der Waals surface area contributed by atoms with Crippen LogP contribution in [0.4, 0.5) is 0 Å². The number of rotatable bonds is 15. The van der Waals surface area contributed by atoms with Crippen molar-refractivity contribution in [3.8, 4) is 5.75 Å². The van der Waals surface area contributed by atoms with Crippen molar-refractivity contribution in [2.45, 2.75) is 0 Å². The van der Waals surface area contributed by atoms with Gasteiger partial charge in [-0.1, -0.05) is 0 Å². The van der Waals surface area contributed by atoms with Crippen molar-refractivity contribution in [2.75, 3.05) is 66.1 Å². The van der Waals surface area contributed by atoms with Crippen molar-refractivity contribution in [3.05, 3.63) is 27.8 Å². The molecule has 25 heavy (non-hydrogen) atoms. The van der Waals surface area contributed by atoms with Gasteiger partial charge in [-0.3, -0.25) is 0 Å². The molecule has 0 amide bonds. The smallest absolute Gasteiger partial charge is 0.119 e. The van der Waals surface area contributed by atoms with Gasteiger partial charge < -0.3 is 34.3 Å². The van der Waals surface area contributed by atoms with Crippen molar-refractivity contribution >= 4 is 22.6 Å². The lowest BCUT2D eigenvalue weighted by Crippen LogP contribution is -2.43. The first-order valence-electron chi connectivity index (χ1n) is 8.10. The molecule has 0 heterocycles. The molecule has 3 N–H and O–H groups in total. The zero-order valence-corrected chi connectivity index (χ0v) is 16.4. The predicted octanol–water partition coefficient (Wildman–Crippen LogP) is 0.683. The molecule has 0 spiro atoms. The van der Waals surface area contributed by atoms with Gasteiger partial charge in [-0.2, -0.15) is 0 Å². The SMILES string of the molecule is OCCOCC(COCCO)(COCCO)COc1ccc(I)cc1. The van der Waals surface area contributed by atoms with E-state index in [0.29, 0.717) is 0 Å². The Morgan fingerprint density at radius 2 is 1.16 bits per heavy atom. The van der Waals surface area contributed by atoms with Crippen molar-refractivity contribution < 1.29 is 34.3 Å². The van der Waals surface area contributed by atoms with Crippen LogP contribution in [0.1, 0.15) is 0 Å². The van der Waals surface area contributed by atoms with Gasteiger partial charge in [0, 0.05) is 3.57 Å². The van der Waals surface area contributed by atoms with Crippen molar-refractivity contribution in [3.63, 3.8) is 0 Å². The van der Waals surface area contributed by atoms with E-state index in [1.54, 1.807) is 0 Å². The maximum atomic E-state index is 8.94. The van der Waals surface area contributed by atoms with Gasteiger partial charge in [0.05, 0.1) is 64.9 Å². The van der Waals surface area contributed by atoms with Crippen LogP contribution >= 0.6 is 22.6 Å². The van der Waals surface area contributed by atoms with Crippen LogP contribution in [0.15, 0.2) is 24.3 Å². The maximum absolute atomic E-state index is 8.94. The van der Waals surface area contributed by atoms with Gasteiger partial charge in [0.15, 0.2) is 0 Å². The Morgan fingerprint density at radius 3 is 1.56 bits per heavy atom. The summed E-state index contributed by atoms with van der Waals surface area (Å²) in [7, 11) is 0. The summed E-state index contributed by atoms with van der Waals surface area (Å²) < 4.78 is 23.5. The molecule has 8 heteroatoms. The summed E-state index contributed by atoms with van der Waals surface area (Å²) in [5.74, 6) is 0.719. The van der Waals surface area contributed by atoms with E-state index in [1.165, 1.54) is 0 Å². The van der Waals surface area contributed by atoms with E-state index in [-0.39, 0.29) is 66.1 Å². The van der Waals surface area contributed by atoms with Gasteiger partial charge in [-0.05, 0) is 46.9 Å². The van der Waals surface area contributed by atoms with Crippen LogP contribution in [0.2, 0.25) is 0 Å². The van der Waals surface area contributed by atoms with Gasteiger partial charge >= 0.3 is 0 Å². The molecule has 0 unspecified atom stereocenters. The summed E-state index contributed by atoms with van der Waals surface area (Å²) in [5, 5.41) is 26.8. The maximum Gasteiger partial charge on any atom is 0.119 e. The topological polar surface area (TPSA) is 97.6 Å². The monoisotopic (exact) mass is 470 g/mol. The molecule has 0 aliphatic carbocycles. The molecule has 144 valence electrons. The fraction of sp³-hybridized carbons (Fsp3) is 0.647. The Kier molecular flexibility index (Phi) is 12.3. The molecule has 0 radical (unpaired) electrons. The standard InChI is InChI=1S/C17H27IO7/c18-15-1-3-16(4-2-15)25-14-17(11-22-8-5-19,12-23-9-6-20)13-24-10-7-21/h1-4,19-21H,5-14H2. The number of hydrogen-bond donors (Lipinski definition) is 3. The van der Waals surface area contributed by atoms with Gasteiger partial charge in [-0.15, -0.1) is 0 Å². The predicted molar refractivity (Wildman–Crippen MR) is 101 cm³/mol. The third-order valence-corrected chi connectivity index (χ3v) is 4.01. The minimum Gasteiger partial charge on any atom is -0.493 e. The highest BCUT2D eigenvalue weighted by Gasteiger charge is 2.33. The second kappa shape index (κ2) is 13.7. The lowest BCUT2D eigenvalue weighted by molar-refractivity contribution is -0.0966. The molecular weight excluding hydrogens is 443 g/mol. The highest BCUT2D eigenvalue weighted by Crippen LogP contribution is 2.23. The van der Waals surface area contributed by atoms with Crippen LogP contribution in [0, 0.1) is 8.99 Å². The second-order valence-corrected chi connectivity index (χ2v) is 6.82. The molecule has 0 atom stereocenters. The molecule has 0 aliphatic heterocycles. The molecule has 1 rings (SSSR count). The van der Waals surface area contributed by atoms with Crippen LogP contribution in [0.5, 0.6) is 5.75 Å². The first-order chi connectivity index (χ1) is 12.2. The number of hydrogen-bond acceptors (Lipinski definition) is 7. The largest absolute Gasteiger partial charge is 0.493 e.